The van der Waals surface area contributed by atoms with Gasteiger partial charge in [0.2, 0.25) is 5.91 Å². The van der Waals surface area contributed by atoms with Crippen LogP contribution in [0.25, 0.3) is 0 Å². The number of hydrogen-bond acceptors (Lipinski definition) is 3. The van der Waals surface area contributed by atoms with Crippen LogP contribution in [0.15, 0.2) is 0 Å². The molecule has 2 unspecified atom stereocenters. The van der Waals surface area contributed by atoms with Crippen LogP contribution in [0.1, 0.15) is 38.5 Å². The summed E-state index contributed by atoms with van der Waals surface area (Å²) in [7, 11) is 0. The number of hydrogen-bond donors (Lipinski definition) is 2. The average Bonchev–Trinajstić information content (AvgIpc) is 2.59. The fraction of sp³-hybridized carbons (Fsp3) is 0.917. The minimum absolute atomic E-state index is 0.219. The lowest BCUT2D eigenvalue weighted by Crippen LogP contribution is -2.45. The maximum absolute atomic E-state index is 12.0. The topological polar surface area (TPSA) is 41.1 Å². The van der Waals surface area contributed by atoms with Gasteiger partial charge in [-0.25, -0.2) is 0 Å². The molecule has 0 aliphatic carbocycles. The molecule has 0 spiro atoms. The molecule has 2 N–H and O–H groups in total. The van der Waals surface area contributed by atoms with Gasteiger partial charge < -0.3 is 10.6 Å². The van der Waals surface area contributed by atoms with Crippen molar-refractivity contribution in [3.05, 3.63) is 0 Å². The predicted molar refractivity (Wildman–Crippen MR) is 68.7 cm³/mol. The van der Waals surface area contributed by atoms with E-state index >= 15 is 0 Å². The minimum Gasteiger partial charge on any atom is -0.351 e. The molecule has 0 radical (unpaired) electrons. The van der Waals surface area contributed by atoms with Crippen LogP contribution < -0.4 is 10.6 Å². The van der Waals surface area contributed by atoms with Gasteiger partial charge in [0.25, 0.3) is 0 Å². The first-order valence-corrected chi connectivity index (χ1v) is 7.54. The minimum atomic E-state index is 0.219. The molecule has 0 aromatic rings. The molecule has 2 rings (SSSR count). The number of amides is 1. The summed E-state index contributed by atoms with van der Waals surface area (Å²) in [5.74, 6) is 1.43. The largest absolute Gasteiger partial charge is 0.351 e. The van der Waals surface area contributed by atoms with E-state index in [2.05, 4.69) is 10.6 Å². The Hall–Kier alpha value is -0.220. The van der Waals surface area contributed by atoms with Gasteiger partial charge in [-0.3, -0.25) is 4.79 Å². The van der Waals surface area contributed by atoms with Crippen molar-refractivity contribution in [2.24, 2.45) is 0 Å². The van der Waals surface area contributed by atoms with Crippen molar-refractivity contribution < 1.29 is 4.79 Å². The monoisotopic (exact) mass is 242 g/mol. The zero-order valence-corrected chi connectivity index (χ0v) is 10.7. The van der Waals surface area contributed by atoms with E-state index in [-0.39, 0.29) is 11.2 Å². The molecule has 2 atom stereocenters. The molecule has 3 nitrogen and oxygen atoms in total. The summed E-state index contributed by atoms with van der Waals surface area (Å²) < 4.78 is 0. The van der Waals surface area contributed by atoms with Crippen molar-refractivity contribution >= 4 is 17.7 Å². The molecule has 2 heterocycles. The van der Waals surface area contributed by atoms with Gasteiger partial charge >= 0.3 is 0 Å². The molecule has 2 aliphatic heterocycles. The summed E-state index contributed by atoms with van der Waals surface area (Å²) >= 11 is 1.83. The molecule has 4 heteroatoms. The summed E-state index contributed by atoms with van der Waals surface area (Å²) in [5, 5.41) is 6.81. The second-order valence-corrected chi connectivity index (χ2v) is 6.07. The van der Waals surface area contributed by atoms with Crippen LogP contribution in [-0.4, -0.2) is 36.0 Å². The lowest BCUT2D eigenvalue weighted by Gasteiger charge is -2.24. The van der Waals surface area contributed by atoms with Gasteiger partial charge in [-0.2, -0.15) is 0 Å². The number of thioether (sulfide) groups is 1. The van der Waals surface area contributed by atoms with E-state index in [0.717, 1.165) is 31.7 Å². The molecule has 2 fully saturated rings. The van der Waals surface area contributed by atoms with Crippen LogP contribution in [0.3, 0.4) is 0 Å². The molecule has 0 saturated carbocycles. The highest BCUT2D eigenvalue weighted by atomic mass is 32.2. The van der Waals surface area contributed by atoms with E-state index in [4.69, 9.17) is 0 Å². The van der Waals surface area contributed by atoms with Gasteiger partial charge in [0.1, 0.15) is 0 Å². The van der Waals surface area contributed by atoms with Crippen LogP contribution in [0, 0.1) is 0 Å². The number of carbonyl (C=O) groups excluding carboxylic acids is 1. The fourth-order valence-corrected chi connectivity index (χ4v) is 3.59. The highest BCUT2D eigenvalue weighted by Crippen LogP contribution is 2.25. The molecule has 16 heavy (non-hydrogen) atoms. The molecule has 0 bridgehead atoms. The fourth-order valence-electron chi connectivity index (χ4n) is 2.38. The van der Waals surface area contributed by atoms with E-state index in [1.165, 1.54) is 25.7 Å². The lowest BCUT2D eigenvalue weighted by molar-refractivity contribution is -0.121. The molecule has 92 valence electrons. The number of rotatable bonds is 2. The second-order valence-electron chi connectivity index (χ2n) is 4.76. The highest BCUT2D eigenvalue weighted by molar-refractivity contribution is 8.00. The van der Waals surface area contributed by atoms with Crippen LogP contribution in [0.5, 0.6) is 0 Å². The molecule has 0 aromatic carbocycles. The Morgan fingerprint density at radius 2 is 2.06 bits per heavy atom. The van der Waals surface area contributed by atoms with Crippen molar-refractivity contribution in [2.75, 3.05) is 18.8 Å². The smallest absolute Gasteiger partial charge is 0.233 e. The first-order valence-electron chi connectivity index (χ1n) is 6.49. The summed E-state index contributed by atoms with van der Waals surface area (Å²) in [5.41, 5.74) is 0. The van der Waals surface area contributed by atoms with Gasteiger partial charge in [0, 0.05) is 12.6 Å². The zero-order chi connectivity index (χ0) is 11.2. The van der Waals surface area contributed by atoms with Crippen molar-refractivity contribution in [1.82, 2.24) is 10.6 Å². The van der Waals surface area contributed by atoms with E-state index in [0.29, 0.717) is 6.04 Å². The SMILES string of the molecule is O=C(NC1CCCCNC1)C1CCCCS1. The van der Waals surface area contributed by atoms with Crippen molar-refractivity contribution in [2.45, 2.75) is 49.8 Å². The van der Waals surface area contributed by atoms with Crippen molar-refractivity contribution in [3.63, 3.8) is 0 Å². The van der Waals surface area contributed by atoms with Gasteiger partial charge in [0.15, 0.2) is 0 Å². The molecule has 2 saturated heterocycles. The summed E-state index contributed by atoms with van der Waals surface area (Å²) in [6.07, 6.45) is 7.17. The van der Waals surface area contributed by atoms with Crippen molar-refractivity contribution in [1.29, 1.82) is 0 Å². The first-order chi connectivity index (χ1) is 7.86. The lowest BCUT2D eigenvalue weighted by atomic mass is 10.1. The predicted octanol–water partition coefficient (Wildman–Crippen LogP) is 1.53. The molecule has 1 amide bonds. The third-order valence-corrected chi connectivity index (χ3v) is 4.74. The maximum atomic E-state index is 12.0. The van der Waals surface area contributed by atoms with Gasteiger partial charge in [-0.15, -0.1) is 11.8 Å². The molecular weight excluding hydrogens is 220 g/mol. The highest BCUT2D eigenvalue weighted by Gasteiger charge is 2.24. The Labute approximate surface area is 102 Å². The first kappa shape index (κ1) is 12.2. The van der Waals surface area contributed by atoms with Gasteiger partial charge in [0.05, 0.1) is 5.25 Å². The molecule has 0 aromatic heterocycles. The van der Waals surface area contributed by atoms with E-state index in [1.54, 1.807) is 0 Å². The number of carbonyl (C=O) groups is 1. The Balaban J connectivity index is 1.76. The number of nitrogens with one attached hydrogen (secondary N) is 2. The van der Waals surface area contributed by atoms with E-state index in [1.807, 2.05) is 11.8 Å². The summed E-state index contributed by atoms with van der Waals surface area (Å²) in [6, 6.07) is 0.359. The van der Waals surface area contributed by atoms with Gasteiger partial charge in [-0.05, 0) is 38.0 Å². The normalized spacial score (nSPS) is 31.8. The zero-order valence-electron chi connectivity index (χ0n) is 9.84. The Morgan fingerprint density at radius 1 is 1.19 bits per heavy atom. The Morgan fingerprint density at radius 3 is 2.88 bits per heavy atom. The van der Waals surface area contributed by atoms with Crippen molar-refractivity contribution in [3.8, 4) is 0 Å². The third kappa shape index (κ3) is 3.67. The van der Waals surface area contributed by atoms with E-state index < -0.39 is 0 Å². The Kier molecular flexibility index (Phi) is 4.97. The third-order valence-electron chi connectivity index (χ3n) is 3.37. The summed E-state index contributed by atoms with van der Waals surface area (Å²) in [6.45, 7) is 2.05. The van der Waals surface area contributed by atoms with Crippen LogP contribution in [0.2, 0.25) is 0 Å². The standard InChI is InChI=1S/C12H22N2OS/c15-12(11-6-2-4-8-16-11)14-10-5-1-3-7-13-9-10/h10-11,13H,1-9H2,(H,14,15). The average molecular weight is 242 g/mol. The summed E-state index contributed by atoms with van der Waals surface area (Å²) in [4.78, 5) is 12.0. The maximum Gasteiger partial charge on any atom is 0.233 e. The Bertz CT molecular complexity index is 221. The van der Waals surface area contributed by atoms with Crippen LogP contribution in [0.4, 0.5) is 0 Å². The van der Waals surface area contributed by atoms with Crippen LogP contribution >= 0.6 is 11.8 Å². The second kappa shape index (κ2) is 6.50. The van der Waals surface area contributed by atoms with Crippen LogP contribution in [-0.2, 0) is 4.79 Å². The molecule has 2 aliphatic rings. The van der Waals surface area contributed by atoms with Gasteiger partial charge in [-0.1, -0.05) is 12.8 Å². The molecular formula is C12H22N2OS. The van der Waals surface area contributed by atoms with E-state index in [9.17, 15) is 4.79 Å². The quantitative estimate of drug-likeness (QED) is 0.771.